The highest BCUT2D eigenvalue weighted by Gasteiger charge is 2.21. The van der Waals surface area contributed by atoms with Crippen molar-refractivity contribution in [3.8, 4) is 22.0 Å². The number of rotatable bonds is 7. The summed E-state index contributed by atoms with van der Waals surface area (Å²) >= 11 is 1.47. The minimum atomic E-state index is -0.624. The van der Waals surface area contributed by atoms with Gasteiger partial charge in [-0.25, -0.2) is 9.48 Å². The Labute approximate surface area is 182 Å². The van der Waals surface area contributed by atoms with Gasteiger partial charge >= 0.3 is 5.97 Å². The third-order valence-electron chi connectivity index (χ3n) is 4.42. The Bertz CT molecular complexity index is 1190. The van der Waals surface area contributed by atoms with Crippen LogP contribution in [0.5, 0.6) is 5.75 Å². The van der Waals surface area contributed by atoms with Crippen LogP contribution in [0.25, 0.3) is 16.3 Å². The highest BCUT2D eigenvalue weighted by atomic mass is 32.1. The van der Waals surface area contributed by atoms with Gasteiger partial charge in [0.2, 0.25) is 0 Å². The SMILES string of the molecule is COc1ccccc1NC(=O)COC(=O)c1cn(-c2ccccc2)nc1-c1cccs1. The Hall–Kier alpha value is -3.91. The van der Waals surface area contributed by atoms with E-state index < -0.39 is 18.5 Å². The Kier molecular flexibility index (Phi) is 6.09. The fraction of sp³-hybridized carbons (Fsp3) is 0.0870. The predicted molar refractivity (Wildman–Crippen MR) is 119 cm³/mol. The summed E-state index contributed by atoms with van der Waals surface area (Å²) in [7, 11) is 1.52. The molecule has 0 saturated carbocycles. The van der Waals surface area contributed by atoms with Gasteiger partial charge in [-0.1, -0.05) is 36.4 Å². The molecule has 156 valence electrons. The van der Waals surface area contributed by atoms with E-state index in [1.165, 1.54) is 18.4 Å². The van der Waals surface area contributed by atoms with Gasteiger partial charge in [-0.2, -0.15) is 5.10 Å². The molecule has 1 N–H and O–H groups in total. The average Bonchev–Trinajstić information content (AvgIpc) is 3.48. The standard InChI is InChI=1S/C23H19N3O4S/c1-29-19-11-6-5-10-18(19)24-21(27)15-30-23(28)17-14-26(16-8-3-2-4-9-16)25-22(17)20-12-7-13-31-20/h2-14H,15H2,1H3,(H,24,27). The van der Waals surface area contributed by atoms with Gasteiger partial charge in [-0.15, -0.1) is 11.3 Å². The minimum absolute atomic E-state index is 0.288. The van der Waals surface area contributed by atoms with Gasteiger partial charge in [0.15, 0.2) is 6.61 Å². The number of thiophene rings is 1. The monoisotopic (exact) mass is 433 g/mol. The second-order valence-electron chi connectivity index (χ2n) is 6.47. The summed E-state index contributed by atoms with van der Waals surface area (Å²) in [6.07, 6.45) is 1.62. The second-order valence-corrected chi connectivity index (χ2v) is 7.42. The van der Waals surface area contributed by atoms with Gasteiger partial charge in [0.25, 0.3) is 5.91 Å². The zero-order valence-corrected chi connectivity index (χ0v) is 17.5. The molecule has 0 bridgehead atoms. The van der Waals surface area contributed by atoms with Crippen LogP contribution in [0.2, 0.25) is 0 Å². The molecular formula is C23H19N3O4S. The van der Waals surface area contributed by atoms with Crippen LogP contribution in [0.3, 0.4) is 0 Å². The molecule has 0 fully saturated rings. The van der Waals surface area contributed by atoms with Crippen LogP contribution >= 0.6 is 11.3 Å². The molecule has 1 amide bonds. The molecule has 0 aliphatic carbocycles. The van der Waals surface area contributed by atoms with Crippen molar-refractivity contribution in [2.24, 2.45) is 0 Å². The summed E-state index contributed by atoms with van der Waals surface area (Å²) in [4.78, 5) is 25.9. The lowest BCUT2D eigenvalue weighted by molar-refractivity contribution is -0.119. The van der Waals surface area contributed by atoms with Crippen LogP contribution in [-0.2, 0) is 9.53 Å². The lowest BCUT2D eigenvalue weighted by Gasteiger charge is -2.10. The predicted octanol–water partition coefficient (Wildman–Crippen LogP) is 4.40. The largest absolute Gasteiger partial charge is 0.495 e. The summed E-state index contributed by atoms with van der Waals surface area (Å²) in [6.45, 7) is -0.433. The van der Waals surface area contributed by atoms with E-state index in [1.54, 1.807) is 35.1 Å². The van der Waals surface area contributed by atoms with Crippen LogP contribution < -0.4 is 10.1 Å². The highest BCUT2D eigenvalue weighted by molar-refractivity contribution is 7.13. The van der Waals surface area contributed by atoms with Gasteiger partial charge in [0.1, 0.15) is 17.0 Å². The first-order valence-corrected chi connectivity index (χ1v) is 10.3. The third kappa shape index (κ3) is 4.65. The van der Waals surface area contributed by atoms with Crippen LogP contribution in [0.15, 0.2) is 78.3 Å². The number of ether oxygens (including phenoxy) is 2. The number of hydrogen-bond acceptors (Lipinski definition) is 6. The molecule has 31 heavy (non-hydrogen) atoms. The molecule has 0 unspecified atom stereocenters. The first-order chi connectivity index (χ1) is 15.2. The maximum absolute atomic E-state index is 12.8. The molecule has 2 aromatic heterocycles. The molecule has 0 atom stereocenters. The van der Waals surface area contributed by atoms with Crippen LogP contribution in [0.1, 0.15) is 10.4 Å². The Balaban J connectivity index is 1.51. The average molecular weight is 433 g/mol. The lowest BCUT2D eigenvalue weighted by atomic mass is 10.2. The van der Waals surface area contributed by atoms with Crippen LogP contribution in [-0.4, -0.2) is 35.4 Å². The number of benzene rings is 2. The van der Waals surface area contributed by atoms with Crippen molar-refractivity contribution >= 4 is 28.9 Å². The molecule has 8 heteroatoms. The number of para-hydroxylation sites is 3. The van der Waals surface area contributed by atoms with Crippen LogP contribution in [0, 0.1) is 0 Å². The smallest absolute Gasteiger partial charge is 0.342 e. The van der Waals surface area contributed by atoms with Crippen molar-refractivity contribution in [2.45, 2.75) is 0 Å². The maximum Gasteiger partial charge on any atom is 0.342 e. The fourth-order valence-corrected chi connectivity index (χ4v) is 3.70. The van der Waals surface area contributed by atoms with Crippen LogP contribution in [0.4, 0.5) is 5.69 Å². The molecule has 0 aliphatic rings. The Morgan fingerprint density at radius 3 is 2.55 bits per heavy atom. The summed E-state index contributed by atoms with van der Waals surface area (Å²) in [5.74, 6) is -0.571. The summed E-state index contributed by atoms with van der Waals surface area (Å²) in [5, 5.41) is 9.16. The number of carbonyl (C=O) groups excluding carboxylic acids is 2. The van der Waals surface area contributed by atoms with Gasteiger partial charge in [-0.05, 0) is 35.7 Å². The topological polar surface area (TPSA) is 82.5 Å². The Morgan fingerprint density at radius 1 is 1.03 bits per heavy atom. The van der Waals surface area contributed by atoms with E-state index in [1.807, 2.05) is 47.8 Å². The molecule has 4 rings (SSSR count). The van der Waals surface area contributed by atoms with Gasteiger partial charge in [-0.3, -0.25) is 4.79 Å². The first-order valence-electron chi connectivity index (χ1n) is 9.44. The number of anilines is 1. The van der Waals surface area contributed by atoms with Crippen molar-refractivity contribution in [3.05, 3.63) is 83.9 Å². The maximum atomic E-state index is 12.8. The first kappa shape index (κ1) is 20.4. The van der Waals surface area contributed by atoms with E-state index in [9.17, 15) is 9.59 Å². The quantitative estimate of drug-likeness (QED) is 0.437. The van der Waals surface area contributed by atoms with Crippen molar-refractivity contribution in [3.63, 3.8) is 0 Å². The highest BCUT2D eigenvalue weighted by Crippen LogP contribution is 2.28. The molecule has 0 aliphatic heterocycles. The van der Waals surface area contributed by atoms with Crippen molar-refractivity contribution in [1.82, 2.24) is 9.78 Å². The molecule has 4 aromatic rings. The summed E-state index contributed by atoms with van der Waals surface area (Å²) < 4.78 is 12.1. The number of nitrogens with one attached hydrogen (secondary N) is 1. The molecular weight excluding hydrogens is 414 g/mol. The summed E-state index contributed by atoms with van der Waals surface area (Å²) in [6, 6.07) is 20.2. The van der Waals surface area contributed by atoms with Gasteiger partial charge < -0.3 is 14.8 Å². The fourth-order valence-electron chi connectivity index (χ4n) is 2.97. The molecule has 2 aromatic carbocycles. The molecule has 7 nitrogen and oxygen atoms in total. The van der Waals surface area contributed by atoms with E-state index in [0.717, 1.165) is 10.6 Å². The molecule has 2 heterocycles. The summed E-state index contributed by atoms with van der Waals surface area (Å²) in [5.41, 5.74) is 2.11. The van der Waals surface area contributed by atoms with Gasteiger partial charge in [0, 0.05) is 6.20 Å². The van der Waals surface area contributed by atoms with Crippen molar-refractivity contribution < 1.29 is 19.1 Å². The number of aromatic nitrogens is 2. The zero-order valence-electron chi connectivity index (χ0n) is 16.6. The van der Waals surface area contributed by atoms with Crippen molar-refractivity contribution in [2.75, 3.05) is 19.0 Å². The number of carbonyl (C=O) groups is 2. The molecule has 0 radical (unpaired) electrons. The minimum Gasteiger partial charge on any atom is -0.495 e. The number of amides is 1. The number of nitrogens with zero attached hydrogens (tertiary/aromatic N) is 2. The second kappa shape index (κ2) is 9.27. The van der Waals surface area contributed by atoms with E-state index in [0.29, 0.717) is 17.1 Å². The molecule has 0 saturated heterocycles. The lowest BCUT2D eigenvalue weighted by Crippen LogP contribution is -2.21. The van der Waals surface area contributed by atoms with E-state index in [-0.39, 0.29) is 5.56 Å². The van der Waals surface area contributed by atoms with E-state index in [2.05, 4.69) is 10.4 Å². The normalized spacial score (nSPS) is 10.5. The zero-order chi connectivity index (χ0) is 21.6. The number of hydrogen-bond donors (Lipinski definition) is 1. The van der Waals surface area contributed by atoms with E-state index in [4.69, 9.17) is 9.47 Å². The van der Waals surface area contributed by atoms with Crippen molar-refractivity contribution in [1.29, 1.82) is 0 Å². The number of methoxy groups -OCH3 is 1. The number of esters is 1. The Morgan fingerprint density at radius 2 is 1.81 bits per heavy atom. The van der Waals surface area contributed by atoms with Gasteiger partial charge in [0.05, 0.1) is 23.4 Å². The van der Waals surface area contributed by atoms with E-state index >= 15 is 0 Å². The third-order valence-corrected chi connectivity index (χ3v) is 5.30. The molecule has 0 spiro atoms.